The Morgan fingerprint density at radius 2 is 2.20 bits per heavy atom. The molecule has 0 spiro atoms. The van der Waals surface area contributed by atoms with Gasteiger partial charge in [-0.3, -0.25) is 0 Å². The maximum Gasteiger partial charge on any atom is 0.120 e. The van der Waals surface area contributed by atoms with Crippen LogP contribution in [-0.2, 0) is 6.54 Å². The Labute approximate surface area is 101 Å². The predicted molar refractivity (Wildman–Crippen MR) is 67.5 cm³/mol. The van der Waals surface area contributed by atoms with Crippen molar-refractivity contribution in [3.63, 3.8) is 0 Å². The van der Waals surface area contributed by atoms with Crippen molar-refractivity contribution in [2.75, 3.05) is 5.32 Å². The molecule has 0 atom stereocenters. The minimum atomic E-state index is 0.320. The van der Waals surface area contributed by atoms with Gasteiger partial charge in [0.1, 0.15) is 5.75 Å². The van der Waals surface area contributed by atoms with E-state index in [-0.39, 0.29) is 0 Å². The Bertz CT molecular complexity index is 442. The van der Waals surface area contributed by atoms with Gasteiger partial charge < -0.3 is 10.4 Å². The highest BCUT2D eigenvalue weighted by molar-refractivity contribution is 9.10. The van der Waals surface area contributed by atoms with Crippen molar-refractivity contribution in [1.82, 2.24) is 0 Å². The number of nitrogens with one attached hydrogen (secondary N) is 1. The number of halogens is 1. The fraction of sp³-hybridized carbons (Fsp3) is 0.0909. The fourth-order valence-corrected chi connectivity index (χ4v) is 2.28. The number of benzene rings is 1. The van der Waals surface area contributed by atoms with Crippen LogP contribution in [0.1, 0.15) is 5.56 Å². The van der Waals surface area contributed by atoms with Crippen molar-refractivity contribution in [3.05, 3.63) is 45.1 Å². The standard InChI is InChI=1S/C11H10BrNOS/c12-9-1-2-11(14)8(5-9)6-13-10-3-4-15-7-10/h1-5,7,13-14H,6H2. The van der Waals surface area contributed by atoms with Crippen LogP contribution < -0.4 is 5.32 Å². The molecule has 2 N–H and O–H groups in total. The van der Waals surface area contributed by atoms with E-state index in [0.29, 0.717) is 12.3 Å². The van der Waals surface area contributed by atoms with E-state index in [1.165, 1.54) is 0 Å². The lowest BCUT2D eigenvalue weighted by atomic mass is 10.2. The first kappa shape index (κ1) is 10.5. The third kappa shape index (κ3) is 2.73. The molecule has 0 bridgehead atoms. The number of phenolic OH excluding ortho intramolecular Hbond substituents is 1. The van der Waals surface area contributed by atoms with Crippen LogP contribution in [0.25, 0.3) is 0 Å². The maximum absolute atomic E-state index is 9.61. The van der Waals surface area contributed by atoms with E-state index in [9.17, 15) is 5.11 Å². The number of thiophene rings is 1. The molecule has 0 radical (unpaired) electrons. The van der Waals surface area contributed by atoms with Gasteiger partial charge in [-0.1, -0.05) is 15.9 Å². The first-order valence-corrected chi connectivity index (χ1v) is 6.23. The molecule has 0 aliphatic carbocycles. The quantitative estimate of drug-likeness (QED) is 0.897. The number of hydrogen-bond donors (Lipinski definition) is 2. The van der Waals surface area contributed by atoms with Crippen molar-refractivity contribution in [1.29, 1.82) is 0 Å². The Morgan fingerprint density at radius 1 is 1.33 bits per heavy atom. The van der Waals surface area contributed by atoms with E-state index in [1.54, 1.807) is 17.4 Å². The zero-order valence-electron chi connectivity index (χ0n) is 7.90. The first-order chi connectivity index (χ1) is 7.25. The van der Waals surface area contributed by atoms with Crippen LogP contribution in [0.3, 0.4) is 0 Å². The third-order valence-electron chi connectivity index (χ3n) is 2.05. The van der Waals surface area contributed by atoms with Crippen molar-refractivity contribution < 1.29 is 5.11 Å². The molecule has 2 nitrogen and oxygen atoms in total. The van der Waals surface area contributed by atoms with E-state index in [1.807, 2.05) is 29.0 Å². The molecule has 2 rings (SSSR count). The average molecular weight is 284 g/mol. The summed E-state index contributed by atoms with van der Waals surface area (Å²) >= 11 is 5.03. The summed E-state index contributed by atoms with van der Waals surface area (Å²) in [6.45, 7) is 0.627. The number of rotatable bonds is 3. The van der Waals surface area contributed by atoms with Crippen molar-refractivity contribution in [3.8, 4) is 5.75 Å². The molecular formula is C11H10BrNOS. The minimum Gasteiger partial charge on any atom is -0.508 e. The molecule has 0 saturated heterocycles. The van der Waals surface area contributed by atoms with Crippen LogP contribution in [0.2, 0.25) is 0 Å². The van der Waals surface area contributed by atoms with Gasteiger partial charge in [-0.15, -0.1) is 0 Å². The van der Waals surface area contributed by atoms with Crippen LogP contribution in [-0.4, -0.2) is 5.11 Å². The largest absolute Gasteiger partial charge is 0.508 e. The third-order valence-corrected chi connectivity index (χ3v) is 3.22. The predicted octanol–water partition coefficient (Wildman–Crippen LogP) is 3.83. The zero-order valence-corrected chi connectivity index (χ0v) is 10.3. The summed E-state index contributed by atoms with van der Waals surface area (Å²) in [5.74, 6) is 0.320. The summed E-state index contributed by atoms with van der Waals surface area (Å²) in [5.41, 5.74) is 1.97. The molecule has 0 fully saturated rings. The molecule has 0 aliphatic rings. The molecule has 4 heteroatoms. The molecule has 15 heavy (non-hydrogen) atoms. The van der Waals surface area contributed by atoms with Crippen molar-refractivity contribution in [2.24, 2.45) is 0 Å². The van der Waals surface area contributed by atoms with Gasteiger partial charge in [-0.25, -0.2) is 0 Å². The molecule has 1 aromatic carbocycles. The number of aromatic hydroxyl groups is 1. The SMILES string of the molecule is Oc1ccc(Br)cc1CNc1ccsc1. The molecule has 1 heterocycles. The number of anilines is 1. The van der Waals surface area contributed by atoms with Gasteiger partial charge in [0, 0.05) is 27.6 Å². The van der Waals surface area contributed by atoms with Crippen LogP contribution in [0.15, 0.2) is 39.5 Å². The van der Waals surface area contributed by atoms with Gasteiger partial charge in [0.15, 0.2) is 0 Å². The number of hydrogen-bond acceptors (Lipinski definition) is 3. The average Bonchev–Trinajstić information content (AvgIpc) is 2.72. The van der Waals surface area contributed by atoms with Crippen LogP contribution in [0, 0.1) is 0 Å². The van der Waals surface area contributed by atoms with Gasteiger partial charge in [-0.05, 0) is 29.6 Å². The highest BCUT2D eigenvalue weighted by Gasteiger charge is 2.01. The summed E-state index contributed by atoms with van der Waals surface area (Å²) in [4.78, 5) is 0. The van der Waals surface area contributed by atoms with Gasteiger partial charge in [0.25, 0.3) is 0 Å². The van der Waals surface area contributed by atoms with Crippen LogP contribution >= 0.6 is 27.3 Å². The van der Waals surface area contributed by atoms with Crippen LogP contribution in [0.4, 0.5) is 5.69 Å². The Kier molecular flexibility index (Phi) is 3.28. The van der Waals surface area contributed by atoms with Gasteiger partial charge in [-0.2, -0.15) is 11.3 Å². The maximum atomic E-state index is 9.61. The normalized spacial score (nSPS) is 10.2. The summed E-state index contributed by atoms with van der Waals surface area (Å²) in [6, 6.07) is 7.44. The lowest BCUT2D eigenvalue weighted by molar-refractivity contribution is 0.469. The molecule has 2 aromatic rings. The lowest BCUT2D eigenvalue weighted by Crippen LogP contribution is -1.98. The van der Waals surface area contributed by atoms with Gasteiger partial charge in [0.2, 0.25) is 0 Å². The second-order valence-electron chi connectivity index (χ2n) is 3.14. The highest BCUT2D eigenvalue weighted by atomic mass is 79.9. The monoisotopic (exact) mass is 283 g/mol. The Balaban J connectivity index is 2.07. The number of phenols is 1. The molecule has 1 aromatic heterocycles. The second-order valence-corrected chi connectivity index (χ2v) is 4.83. The topological polar surface area (TPSA) is 32.3 Å². The van der Waals surface area contributed by atoms with E-state index in [2.05, 4.69) is 21.2 Å². The van der Waals surface area contributed by atoms with E-state index in [4.69, 9.17) is 0 Å². The van der Waals surface area contributed by atoms with E-state index >= 15 is 0 Å². The first-order valence-electron chi connectivity index (χ1n) is 4.49. The van der Waals surface area contributed by atoms with Crippen molar-refractivity contribution in [2.45, 2.75) is 6.54 Å². The summed E-state index contributed by atoms with van der Waals surface area (Å²) in [7, 11) is 0. The second kappa shape index (κ2) is 4.68. The summed E-state index contributed by atoms with van der Waals surface area (Å²) in [5, 5.41) is 16.9. The van der Waals surface area contributed by atoms with E-state index in [0.717, 1.165) is 15.7 Å². The smallest absolute Gasteiger partial charge is 0.120 e. The summed E-state index contributed by atoms with van der Waals surface area (Å²) in [6.07, 6.45) is 0. The van der Waals surface area contributed by atoms with Crippen molar-refractivity contribution >= 4 is 33.0 Å². The summed E-state index contributed by atoms with van der Waals surface area (Å²) < 4.78 is 0.974. The molecule has 78 valence electrons. The molecule has 0 amide bonds. The fourth-order valence-electron chi connectivity index (χ4n) is 1.26. The highest BCUT2D eigenvalue weighted by Crippen LogP contribution is 2.23. The van der Waals surface area contributed by atoms with Gasteiger partial charge in [0.05, 0.1) is 0 Å². The van der Waals surface area contributed by atoms with Gasteiger partial charge >= 0.3 is 0 Å². The molecule has 0 saturated carbocycles. The molecule has 0 aliphatic heterocycles. The van der Waals surface area contributed by atoms with Crippen LogP contribution in [0.5, 0.6) is 5.75 Å². The lowest BCUT2D eigenvalue weighted by Gasteiger charge is -2.06. The Hall–Kier alpha value is -1.00. The molecular weight excluding hydrogens is 274 g/mol. The van der Waals surface area contributed by atoms with E-state index < -0.39 is 0 Å². The molecule has 0 unspecified atom stereocenters. The zero-order chi connectivity index (χ0) is 10.7. The Morgan fingerprint density at radius 3 is 2.93 bits per heavy atom. The minimum absolute atomic E-state index is 0.320.